The molecule has 0 radical (unpaired) electrons. The molecule has 0 aliphatic rings. The number of hydrogen-bond acceptors (Lipinski definition) is 1. The van der Waals surface area contributed by atoms with Crippen molar-refractivity contribution in [2.45, 2.75) is 54.0 Å². The monoisotopic (exact) mass is 199 g/mol. The lowest BCUT2D eigenvalue weighted by atomic mass is 9.77. The third-order valence-corrected chi connectivity index (χ3v) is 5.95. The fraction of sp³-hybridized carbons (Fsp3) is 0.909. The Morgan fingerprint density at radius 1 is 1.00 bits per heavy atom. The van der Waals surface area contributed by atoms with Crippen LogP contribution in [0.25, 0.3) is 0 Å². The van der Waals surface area contributed by atoms with Crippen molar-refractivity contribution >= 4 is 15.9 Å². The standard InChI is InChI=1S/C11H25NSi/c1-8-12-13-9(10(2,3)4)11(5,6)7/h8-9H,13H2,1-7H3. The van der Waals surface area contributed by atoms with Crippen LogP contribution >= 0.6 is 0 Å². The summed E-state index contributed by atoms with van der Waals surface area (Å²) in [6, 6.07) is 0. The van der Waals surface area contributed by atoms with E-state index in [1.54, 1.807) is 0 Å². The SMILES string of the molecule is CC=N[SiH2]C(C(C)(C)C)C(C)(C)C. The van der Waals surface area contributed by atoms with Crippen LogP contribution in [-0.4, -0.2) is 15.9 Å². The van der Waals surface area contributed by atoms with Crippen molar-refractivity contribution in [3.8, 4) is 0 Å². The summed E-state index contributed by atoms with van der Waals surface area (Å²) in [6.07, 6.45) is 1.97. The van der Waals surface area contributed by atoms with Gasteiger partial charge in [-0.05, 0) is 29.5 Å². The van der Waals surface area contributed by atoms with Gasteiger partial charge in [0.15, 0.2) is 9.68 Å². The maximum atomic E-state index is 4.52. The van der Waals surface area contributed by atoms with Gasteiger partial charge < -0.3 is 4.66 Å². The molecule has 13 heavy (non-hydrogen) atoms. The molecule has 0 bridgehead atoms. The van der Waals surface area contributed by atoms with E-state index >= 15 is 0 Å². The van der Waals surface area contributed by atoms with E-state index in [9.17, 15) is 0 Å². The van der Waals surface area contributed by atoms with Gasteiger partial charge in [-0.1, -0.05) is 41.5 Å². The Balaban J connectivity index is 4.57. The molecule has 0 rings (SSSR count). The summed E-state index contributed by atoms with van der Waals surface area (Å²) >= 11 is 0. The Morgan fingerprint density at radius 3 is 1.62 bits per heavy atom. The molecule has 0 aromatic rings. The summed E-state index contributed by atoms with van der Waals surface area (Å²) in [5.74, 6) is 0. The molecule has 0 atom stereocenters. The summed E-state index contributed by atoms with van der Waals surface area (Å²) in [6.45, 7) is 16.0. The second-order valence-electron chi connectivity index (χ2n) is 5.91. The van der Waals surface area contributed by atoms with Crippen molar-refractivity contribution < 1.29 is 0 Å². The van der Waals surface area contributed by atoms with Crippen molar-refractivity contribution in [1.82, 2.24) is 0 Å². The highest BCUT2D eigenvalue weighted by Gasteiger charge is 2.34. The van der Waals surface area contributed by atoms with Gasteiger partial charge in [0.25, 0.3) is 0 Å². The van der Waals surface area contributed by atoms with E-state index in [0.29, 0.717) is 10.8 Å². The zero-order valence-corrected chi connectivity index (χ0v) is 11.7. The first kappa shape index (κ1) is 12.9. The lowest BCUT2D eigenvalue weighted by Crippen LogP contribution is -2.31. The molecule has 0 fully saturated rings. The van der Waals surface area contributed by atoms with Crippen LogP contribution in [-0.2, 0) is 0 Å². The van der Waals surface area contributed by atoms with Gasteiger partial charge in [-0.15, -0.1) is 0 Å². The molecule has 0 aromatic heterocycles. The van der Waals surface area contributed by atoms with Gasteiger partial charge >= 0.3 is 0 Å². The van der Waals surface area contributed by atoms with Crippen LogP contribution in [0.3, 0.4) is 0 Å². The first-order valence-corrected chi connectivity index (χ1v) is 6.59. The normalized spacial score (nSPS) is 15.4. The average molecular weight is 199 g/mol. The van der Waals surface area contributed by atoms with E-state index in [1.165, 1.54) is 0 Å². The van der Waals surface area contributed by atoms with Gasteiger partial charge in [-0.2, -0.15) is 0 Å². The fourth-order valence-electron chi connectivity index (χ4n) is 2.06. The molecule has 0 saturated heterocycles. The quantitative estimate of drug-likeness (QED) is 0.479. The minimum atomic E-state index is -0.314. The summed E-state index contributed by atoms with van der Waals surface area (Å²) in [7, 11) is -0.314. The topological polar surface area (TPSA) is 12.4 Å². The Morgan fingerprint density at radius 2 is 1.38 bits per heavy atom. The smallest absolute Gasteiger partial charge is 0.154 e. The minimum absolute atomic E-state index is 0.314. The zero-order chi connectivity index (χ0) is 10.7. The first-order valence-electron chi connectivity index (χ1n) is 5.14. The van der Waals surface area contributed by atoms with Crippen molar-refractivity contribution in [1.29, 1.82) is 0 Å². The number of rotatable bonds is 2. The van der Waals surface area contributed by atoms with Crippen LogP contribution in [0.5, 0.6) is 0 Å². The summed E-state index contributed by atoms with van der Waals surface area (Å²) in [5.41, 5.74) is 1.57. The van der Waals surface area contributed by atoms with E-state index < -0.39 is 0 Å². The third-order valence-electron chi connectivity index (χ3n) is 2.56. The average Bonchev–Trinajstić information content (AvgIpc) is 1.81. The first-order chi connectivity index (χ1) is 5.69. The van der Waals surface area contributed by atoms with Crippen molar-refractivity contribution in [3.05, 3.63) is 0 Å². The Labute approximate surface area is 85.9 Å². The van der Waals surface area contributed by atoms with E-state index in [0.717, 1.165) is 5.54 Å². The maximum absolute atomic E-state index is 4.52. The lowest BCUT2D eigenvalue weighted by molar-refractivity contribution is 0.232. The Bertz CT molecular complexity index is 158. The molecule has 0 aliphatic carbocycles. The van der Waals surface area contributed by atoms with Crippen molar-refractivity contribution in [2.24, 2.45) is 15.5 Å². The van der Waals surface area contributed by atoms with Crippen LogP contribution in [0.4, 0.5) is 0 Å². The summed E-state index contributed by atoms with van der Waals surface area (Å²) in [5, 5.41) is 0. The van der Waals surface area contributed by atoms with Gasteiger partial charge in [-0.3, -0.25) is 0 Å². The predicted molar refractivity (Wildman–Crippen MR) is 65.4 cm³/mol. The number of hydrogen-bond donors (Lipinski definition) is 0. The van der Waals surface area contributed by atoms with Crippen molar-refractivity contribution in [2.75, 3.05) is 0 Å². The maximum Gasteiger partial charge on any atom is 0.154 e. The second-order valence-corrected chi connectivity index (χ2v) is 7.45. The van der Waals surface area contributed by atoms with Gasteiger partial charge in [-0.25, -0.2) is 0 Å². The molecule has 0 unspecified atom stereocenters. The second kappa shape index (κ2) is 4.40. The van der Waals surface area contributed by atoms with Crippen LogP contribution < -0.4 is 0 Å². The molecule has 0 N–H and O–H groups in total. The molecular formula is C11H25NSi. The van der Waals surface area contributed by atoms with E-state index in [-0.39, 0.29) is 9.68 Å². The molecule has 0 heterocycles. The van der Waals surface area contributed by atoms with Gasteiger partial charge in [0, 0.05) is 0 Å². The van der Waals surface area contributed by atoms with Crippen LogP contribution in [0.2, 0.25) is 5.54 Å². The molecule has 0 spiro atoms. The predicted octanol–water partition coefficient (Wildman–Crippen LogP) is 3.04. The largest absolute Gasteiger partial charge is 0.341 e. The van der Waals surface area contributed by atoms with Crippen LogP contribution in [0.15, 0.2) is 4.66 Å². The van der Waals surface area contributed by atoms with Gasteiger partial charge in [0.2, 0.25) is 0 Å². The Hall–Kier alpha value is -0.113. The third kappa shape index (κ3) is 4.60. The highest BCUT2D eigenvalue weighted by Crippen LogP contribution is 2.44. The van der Waals surface area contributed by atoms with Crippen molar-refractivity contribution in [3.63, 3.8) is 0 Å². The van der Waals surface area contributed by atoms with E-state index in [2.05, 4.69) is 46.2 Å². The Kier molecular flexibility index (Phi) is 4.37. The molecule has 2 heteroatoms. The van der Waals surface area contributed by atoms with Crippen LogP contribution in [0, 0.1) is 10.8 Å². The molecule has 0 aromatic carbocycles. The molecule has 0 amide bonds. The van der Waals surface area contributed by atoms with Gasteiger partial charge in [0.05, 0.1) is 0 Å². The zero-order valence-electron chi connectivity index (χ0n) is 10.3. The molecule has 1 nitrogen and oxygen atoms in total. The molecule has 78 valence electrons. The summed E-state index contributed by atoms with van der Waals surface area (Å²) in [4.78, 5) is 0. The number of nitrogens with zero attached hydrogens (tertiary/aromatic N) is 1. The lowest BCUT2D eigenvalue weighted by Gasteiger charge is -2.39. The molecule has 0 saturated carbocycles. The van der Waals surface area contributed by atoms with E-state index in [4.69, 9.17) is 0 Å². The summed E-state index contributed by atoms with van der Waals surface area (Å²) < 4.78 is 4.52. The highest BCUT2D eigenvalue weighted by atomic mass is 28.2. The molecule has 0 aliphatic heterocycles. The van der Waals surface area contributed by atoms with E-state index in [1.807, 2.05) is 13.1 Å². The van der Waals surface area contributed by atoms with Crippen LogP contribution in [0.1, 0.15) is 48.5 Å². The minimum Gasteiger partial charge on any atom is -0.341 e. The fourth-order valence-corrected chi connectivity index (χ4v) is 3.57. The highest BCUT2D eigenvalue weighted by molar-refractivity contribution is 6.37. The van der Waals surface area contributed by atoms with Gasteiger partial charge in [0.1, 0.15) is 0 Å². The molecular weight excluding hydrogens is 174 g/mol.